The van der Waals surface area contributed by atoms with Crippen LogP contribution in [0.4, 0.5) is 0 Å². The SMILES string of the molecule is CCCC(CC(C)C(=O)N1C(C(C)=O)CC2CCCCC21)C(=O)OCC. The van der Waals surface area contributed by atoms with Crippen molar-refractivity contribution in [1.29, 1.82) is 0 Å². The molecule has 2 aliphatic rings. The Morgan fingerprint density at radius 1 is 1.15 bits per heavy atom. The van der Waals surface area contributed by atoms with Gasteiger partial charge < -0.3 is 9.64 Å². The molecule has 0 N–H and O–H groups in total. The molecule has 1 amide bonds. The zero-order valence-corrected chi connectivity index (χ0v) is 16.8. The standard InChI is InChI=1S/C21H35NO4/c1-5-9-17(21(25)26-6-2)12-14(3)20(24)22-18-11-8-7-10-16(18)13-19(22)15(4)23/h14,16-19H,5-13H2,1-4H3. The molecule has 26 heavy (non-hydrogen) atoms. The molecule has 0 spiro atoms. The van der Waals surface area contributed by atoms with Crippen LogP contribution in [0.1, 0.15) is 79.1 Å². The van der Waals surface area contributed by atoms with Crippen LogP contribution in [-0.2, 0) is 19.1 Å². The maximum Gasteiger partial charge on any atom is 0.308 e. The second-order valence-corrected chi connectivity index (χ2v) is 8.09. The van der Waals surface area contributed by atoms with E-state index in [1.807, 2.05) is 18.7 Å². The highest BCUT2D eigenvalue weighted by atomic mass is 16.5. The summed E-state index contributed by atoms with van der Waals surface area (Å²) in [5, 5.41) is 0. The minimum atomic E-state index is -0.273. The van der Waals surface area contributed by atoms with E-state index in [0.717, 1.165) is 38.5 Å². The molecule has 1 saturated carbocycles. The minimum Gasteiger partial charge on any atom is -0.466 e. The molecule has 1 heterocycles. The molecule has 1 saturated heterocycles. The van der Waals surface area contributed by atoms with Crippen LogP contribution in [-0.4, -0.2) is 41.3 Å². The Morgan fingerprint density at radius 3 is 2.46 bits per heavy atom. The fourth-order valence-electron chi connectivity index (χ4n) is 4.86. The van der Waals surface area contributed by atoms with Gasteiger partial charge >= 0.3 is 5.97 Å². The molecule has 2 rings (SSSR count). The largest absolute Gasteiger partial charge is 0.466 e. The molecule has 5 unspecified atom stereocenters. The van der Waals surface area contributed by atoms with Crippen LogP contribution in [0, 0.1) is 17.8 Å². The van der Waals surface area contributed by atoms with E-state index in [1.165, 1.54) is 6.42 Å². The molecule has 5 atom stereocenters. The van der Waals surface area contributed by atoms with Crippen molar-refractivity contribution in [2.45, 2.75) is 91.1 Å². The highest BCUT2D eigenvalue weighted by Gasteiger charge is 2.47. The van der Waals surface area contributed by atoms with E-state index in [9.17, 15) is 14.4 Å². The van der Waals surface area contributed by atoms with Gasteiger partial charge in [0.15, 0.2) is 5.78 Å². The number of hydrogen-bond acceptors (Lipinski definition) is 4. The molecule has 5 nitrogen and oxygen atoms in total. The van der Waals surface area contributed by atoms with Crippen LogP contribution in [0.5, 0.6) is 0 Å². The van der Waals surface area contributed by atoms with Gasteiger partial charge in [0.25, 0.3) is 0 Å². The van der Waals surface area contributed by atoms with Gasteiger partial charge in [0, 0.05) is 12.0 Å². The van der Waals surface area contributed by atoms with Gasteiger partial charge in [-0.15, -0.1) is 0 Å². The van der Waals surface area contributed by atoms with Gasteiger partial charge in [-0.05, 0) is 51.9 Å². The normalized spacial score (nSPS) is 27.5. The molecule has 0 bridgehead atoms. The monoisotopic (exact) mass is 365 g/mol. The maximum absolute atomic E-state index is 13.3. The number of ether oxygens (including phenoxy) is 1. The van der Waals surface area contributed by atoms with Crippen LogP contribution < -0.4 is 0 Å². The van der Waals surface area contributed by atoms with Crippen LogP contribution in [0.25, 0.3) is 0 Å². The Morgan fingerprint density at radius 2 is 1.85 bits per heavy atom. The highest BCUT2D eigenvalue weighted by Crippen LogP contribution is 2.41. The topological polar surface area (TPSA) is 63.7 Å². The molecule has 2 fully saturated rings. The van der Waals surface area contributed by atoms with Gasteiger partial charge in [0.2, 0.25) is 5.91 Å². The number of carbonyl (C=O) groups is 3. The van der Waals surface area contributed by atoms with Gasteiger partial charge in [-0.2, -0.15) is 0 Å². The van der Waals surface area contributed by atoms with E-state index in [2.05, 4.69) is 0 Å². The Kier molecular flexibility index (Phi) is 7.66. The quantitative estimate of drug-likeness (QED) is 0.615. The lowest BCUT2D eigenvalue weighted by Gasteiger charge is -2.35. The average molecular weight is 366 g/mol. The predicted octanol–water partition coefficient (Wildman–Crippen LogP) is 3.74. The summed E-state index contributed by atoms with van der Waals surface area (Å²) in [5.74, 6) is -0.0993. The number of nitrogens with zero attached hydrogens (tertiary/aromatic N) is 1. The number of rotatable bonds is 8. The van der Waals surface area contributed by atoms with E-state index in [0.29, 0.717) is 18.9 Å². The summed E-state index contributed by atoms with van der Waals surface area (Å²) in [7, 11) is 0. The van der Waals surface area contributed by atoms with Gasteiger partial charge in [0.1, 0.15) is 0 Å². The van der Waals surface area contributed by atoms with Crippen molar-refractivity contribution in [3.8, 4) is 0 Å². The number of esters is 1. The molecule has 0 aromatic carbocycles. The third-order valence-electron chi connectivity index (χ3n) is 6.13. The van der Waals surface area contributed by atoms with Gasteiger partial charge in [-0.25, -0.2) is 0 Å². The second-order valence-electron chi connectivity index (χ2n) is 8.09. The van der Waals surface area contributed by atoms with Crippen LogP contribution in [0.3, 0.4) is 0 Å². The first kappa shape index (κ1) is 20.9. The van der Waals surface area contributed by atoms with Crippen LogP contribution >= 0.6 is 0 Å². The molecule has 5 heteroatoms. The Labute approximate surface area is 157 Å². The molecule has 1 aliphatic carbocycles. The van der Waals surface area contributed by atoms with E-state index in [4.69, 9.17) is 4.74 Å². The van der Waals surface area contributed by atoms with Crippen molar-refractivity contribution in [1.82, 2.24) is 4.90 Å². The summed E-state index contributed by atoms with van der Waals surface area (Å²) in [6.45, 7) is 7.71. The van der Waals surface area contributed by atoms with E-state index in [1.54, 1.807) is 13.8 Å². The van der Waals surface area contributed by atoms with Crippen molar-refractivity contribution in [3.05, 3.63) is 0 Å². The van der Waals surface area contributed by atoms with Crippen molar-refractivity contribution in [3.63, 3.8) is 0 Å². The smallest absolute Gasteiger partial charge is 0.308 e. The summed E-state index contributed by atoms with van der Waals surface area (Å²) in [4.78, 5) is 39.5. The Balaban J connectivity index is 2.10. The first-order chi connectivity index (χ1) is 12.4. The third-order valence-corrected chi connectivity index (χ3v) is 6.13. The zero-order valence-electron chi connectivity index (χ0n) is 16.8. The van der Waals surface area contributed by atoms with E-state index < -0.39 is 0 Å². The van der Waals surface area contributed by atoms with Crippen LogP contribution in [0.2, 0.25) is 0 Å². The van der Waals surface area contributed by atoms with Crippen molar-refractivity contribution in [2.24, 2.45) is 17.8 Å². The number of ketones is 1. The zero-order chi connectivity index (χ0) is 19.3. The van der Waals surface area contributed by atoms with Crippen molar-refractivity contribution < 1.29 is 19.1 Å². The van der Waals surface area contributed by atoms with Gasteiger partial charge in [-0.1, -0.05) is 33.1 Å². The fourth-order valence-corrected chi connectivity index (χ4v) is 4.86. The third kappa shape index (κ3) is 4.66. The van der Waals surface area contributed by atoms with E-state index in [-0.39, 0.29) is 41.6 Å². The number of fused-ring (bicyclic) bond motifs is 1. The second kappa shape index (κ2) is 9.52. The summed E-state index contributed by atoms with van der Waals surface area (Å²) >= 11 is 0. The summed E-state index contributed by atoms with van der Waals surface area (Å²) in [6.07, 6.45) is 7.39. The Hall–Kier alpha value is -1.39. The minimum absolute atomic E-state index is 0.0463. The summed E-state index contributed by atoms with van der Waals surface area (Å²) in [6, 6.07) is -0.0647. The molecule has 148 valence electrons. The van der Waals surface area contributed by atoms with E-state index >= 15 is 0 Å². The number of amides is 1. The molecule has 0 aromatic heterocycles. The molecular formula is C21H35NO4. The lowest BCUT2D eigenvalue weighted by atomic mass is 9.84. The highest BCUT2D eigenvalue weighted by molar-refractivity contribution is 5.89. The first-order valence-corrected chi connectivity index (χ1v) is 10.4. The molecule has 0 aromatic rings. The first-order valence-electron chi connectivity index (χ1n) is 10.4. The number of likely N-dealkylation sites (tertiary alicyclic amines) is 1. The van der Waals surface area contributed by atoms with Crippen molar-refractivity contribution >= 4 is 17.7 Å². The summed E-state index contributed by atoms with van der Waals surface area (Å²) < 4.78 is 5.19. The Bertz CT molecular complexity index is 518. The van der Waals surface area contributed by atoms with Crippen molar-refractivity contribution in [2.75, 3.05) is 6.61 Å². The van der Waals surface area contributed by atoms with Gasteiger partial charge in [0.05, 0.1) is 18.6 Å². The molecule has 0 radical (unpaired) electrons. The lowest BCUT2D eigenvalue weighted by Crippen LogP contribution is -2.48. The van der Waals surface area contributed by atoms with Crippen LogP contribution in [0.15, 0.2) is 0 Å². The number of carbonyl (C=O) groups excluding carboxylic acids is 3. The summed E-state index contributed by atoms with van der Waals surface area (Å²) in [5.41, 5.74) is 0. The average Bonchev–Trinajstić information content (AvgIpc) is 3.00. The maximum atomic E-state index is 13.3. The molecular weight excluding hydrogens is 330 g/mol. The van der Waals surface area contributed by atoms with Gasteiger partial charge in [-0.3, -0.25) is 14.4 Å². The number of hydrogen-bond donors (Lipinski definition) is 0. The lowest BCUT2D eigenvalue weighted by molar-refractivity contribution is -0.150. The number of Topliss-reactive ketones (excluding diaryl/α,β-unsaturated/α-hetero) is 1. The predicted molar refractivity (Wildman–Crippen MR) is 100 cm³/mol. The fraction of sp³-hybridized carbons (Fsp3) is 0.857. The molecule has 1 aliphatic heterocycles.